The van der Waals surface area contributed by atoms with Crippen molar-refractivity contribution in [3.8, 4) is 0 Å². The van der Waals surface area contributed by atoms with Crippen LogP contribution < -0.4 is 16.6 Å². The second kappa shape index (κ2) is 8.53. The predicted molar refractivity (Wildman–Crippen MR) is 66.6 cm³/mol. The Hall–Kier alpha value is -0.770. The zero-order valence-corrected chi connectivity index (χ0v) is 10.5. The number of unbranched alkanes of at least 4 members (excludes halogenated alkanes) is 1. The Kier molecular flexibility index (Phi) is 8.09. The molecule has 0 saturated heterocycles. The first-order valence-electron chi connectivity index (χ1n) is 5.93. The van der Waals surface area contributed by atoms with Crippen molar-refractivity contribution < 1.29 is 0 Å². The van der Waals surface area contributed by atoms with Gasteiger partial charge >= 0.3 is 0 Å². The van der Waals surface area contributed by atoms with Gasteiger partial charge in [0.05, 0.1) is 0 Å². The molecule has 0 aromatic heterocycles. The minimum Gasteiger partial charge on any atom is -0.352 e. The number of rotatable bonds is 6. The van der Waals surface area contributed by atoms with Gasteiger partial charge in [-0.15, -0.1) is 0 Å². The Bertz CT molecular complexity index is 177. The molecule has 1 atom stereocenters. The lowest BCUT2D eigenvalue weighted by Crippen LogP contribution is -2.48. The fourth-order valence-corrected chi connectivity index (χ4v) is 1.40. The summed E-state index contributed by atoms with van der Waals surface area (Å²) < 4.78 is 0. The highest BCUT2D eigenvalue weighted by Gasteiger charge is 2.11. The Morgan fingerprint density at radius 3 is 2.40 bits per heavy atom. The highest BCUT2D eigenvalue weighted by atomic mass is 15.3. The fraction of sp³-hybridized carbons (Fsp3) is 0.909. The van der Waals surface area contributed by atoms with Gasteiger partial charge < -0.3 is 5.32 Å². The van der Waals surface area contributed by atoms with Gasteiger partial charge in [-0.1, -0.05) is 34.1 Å². The quantitative estimate of drug-likeness (QED) is 0.207. The number of hydrogen-bond donors (Lipinski definition) is 3. The topological polar surface area (TPSA) is 62.4 Å². The van der Waals surface area contributed by atoms with E-state index in [1.807, 2.05) is 0 Å². The smallest absolute Gasteiger partial charge is 0.205 e. The van der Waals surface area contributed by atoms with Crippen molar-refractivity contribution in [1.82, 2.24) is 10.7 Å². The molecule has 90 valence electrons. The van der Waals surface area contributed by atoms with Crippen LogP contribution in [0.2, 0.25) is 0 Å². The molecule has 4 heteroatoms. The molecule has 0 amide bonds. The number of hydrogen-bond acceptors (Lipinski definition) is 2. The van der Waals surface area contributed by atoms with E-state index in [9.17, 15) is 0 Å². The van der Waals surface area contributed by atoms with Crippen LogP contribution in [0.1, 0.15) is 47.0 Å². The van der Waals surface area contributed by atoms with Gasteiger partial charge in [0.2, 0.25) is 5.96 Å². The average molecular weight is 214 g/mol. The lowest BCUT2D eigenvalue weighted by molar-refractivity contribution is 0.436. The van der Waals surface area contributed by atoms with E-state index >= 15 is 0 Å². The van der Waals surface area contributed by atoms with Crippen LogP contribution in [-0.2, 0) is 0 Å². The molecule has 0 fully saturated rings. The number of nitrogens with one attached hydrogen (secondary N) is 2. The molecule has 0 bridgehead atoms. The molecule has 1 unspecified atom stereocenters. The Balaban J connectivity index is 4.11. The van der Waals surface area contributed by atoms with Crippen molar-refractivity contribution in [2.45, 2.75) is 53.0 Å². The molecular weight excluding hydrogens is 188 g/mol. The van der Waals surface area contributed by atoms with E-state index in [-0.39, 0.29) is 0 Å². The summed E-state index contributed by atoms with van der Waals surface area (Å²) >= 11 is 0. The molecule has 0 heterocycles. The summed E-state index contributed by atoms with van der Waals surface area (Å²) in [6, 6.07) is 0.432. The van der Waals surface area contributed by atoms with Crippen LogP contribution in [-0.4, -0.2) is 18.5 Å². The van der Waals surface area contributed by atoms with Gasteiger partial charge in [0, 0.05) is 12.6 Å². The average Bonchev–Trinajstić information content (AvgIpc) is 2.22. The zero-order valence-electron chi connectivity index (χ0n) is 10.5. The third-order valence-corrected chi connectivity index (χ3v) is 2.48. The van der Waals surface area contributed by atoms with Crippen LogP contribution in [0.3, 0.4) is 0 Å². The first-order chi connectivity index (χ1) is 7.15. The highest BCUT2D eigenvalue weighted by molar-refractivity contribution is 5.79. The number of hydrazine groups is 1. The summed E-state index contributed by atoms with van der Waals surface area (Å²) in [6.45, 7) is 9.54. The van der Waals surface area contributed by atoms with E-state index < -0.39 is 0 Å². The molecule has 4 N–H and O–H groups in total. The van der Waals surface area contributed by atoms with E-state index in [1.54, 1.807) is 0 Å². The van der Waals surface area contributed by atoms with Crippen molar-refractivity contribution in [2.75, 3.05) is 6.54 Å². The molecule has 0 radical (unpaired) electrons. The summed E-state index contributed by atoms with van der Waals surface area (Å²) in [5.41, 5.74) is 2.62. The Morgan fingerprint density at radius 2 is 2.00 bits per heavy atom. The standard InChI is InChI=1S/C11H26N4/c1-5-7-8-13-11(15-12)14-10(6-2)9(3)4/h9-10H,5-8,12H2,1-4H3,(H2,13,14,15). The Labute approximate surface area is 93.7 Å². The summed E-state index contributed by atoms with van der Waals surface area (Å²) in [5.74, 6) is 6.71. The van der Waals surface area contributed by atoms with Crippen molar-refractivity contribution in [1.29, 1.82) is 0 Å². The SMILES string of the molecule is CCCCN=C(NN)NC(CC)C(C)C. The number of aliphatic imine (C=N–C) groups is 1. The lowest BCUT2D eigenvalue weighted by Gasteiger charge is -2.22. The lowest BCUT2D eigenvalue weighted by atomic mass is 10.0. The van der Waals surface area contributed by atoms with Crippen LogP contribution >= 0.6 is 0 Å². The van der Waals surface area contributed by atoms with Crippen LogP contribution in [0.25, 0.3) is 0 Å². The normalized spacial score (nSPS) is 14.1. The first-order valence-corrected chi connectivity index (χ1v) is 5.93. The van der Waals surface area contributed by atoms with Crippen LogP contribution in [0.4, 0.5) is 0 Å². The monoisotopic (exact) mass is 214 g/mol. The number of nitrogens with two attached hydrogens (primary N) is 1. The van der Waals surface area contributed by atoms with Crippen molar-refractivity contribution in [3.63, 3.8) is 0 Å². The van der Waals surface area contributed by atoms with Gasteiger partial charge in [-0.3, -0.25) is 10.4 Å². The van der Waals surface area contributed by atoms with Gasteiger partial charge in [0.1, 0.15) is 0 Å². The largest absolute Gasteiger partial charge is 0.352 e. The van der Waals surface area contributed by atoms with E-state index in [1.165, 1.54) is 0 Å². The van der Waals surface area contributed by atoms with Crippen molar-refractivity contribution in [2.24, 2.45) is 16.8 Å². The van der Waals surface area contributed by atoms with Crippen LogP contribution in [0.5, 0.6) is 0 Å². The molecular formula is C11H26N4. The van der Waals surface area contributed by atoms with Crippen LogP contribution in [0, 0.1) is 5.92 Å². The zero-order chi connectivity index (χ0) is 11.7. The molecule has 0 rings (SSSR count). The molecule has 0 aliphatic heterocycles. The van der Waals surface area contributed by atoms with Gasteiger partial charge in [-0.05, 0) is 18.8 Å². The van der Waals surface area contributed by atoms with E-state index in [0.29, 0.717) is 17.9 Å². The molecule has 0 saturated carbocycles. The van der Waals surface area contributed by atoms with Crippen molar-refractivity contribution >= 4 is 5.96 Å². The van der Waals surface area contributed by atoms with Crippen LogP contribution in [0.15, 0.2) is 4.99 Å². The highest BCUT2D eigenvalue weighted by Crippen LogP contribution is 2.04. The molecule has 0 spiro atoms. The minimum atomic E-state index is 0.432. The summed E-state index contributed by atoms with van der Waals surface area (Å²) in [6.07, 6.45) is 3.33. The molecule has 0 aromatic rings. The summed E-state index contributed by atoms with van der Waals surface area (Å²) in [7, 11) is 0. The first kappa shape index (κ1) is 14.2. The van der Waals surface area contributed by atoms with Gasteiger partial charge in [0.25, 0.3) is 0 Å². The maximum atomic E-state index is 5.41. The third-order valence-electron chi connectivity index (χ3n) is 2.48. The Morgan fingerprint density at radius 1 is 1.33 bits per heavy atom. The van der Waals surface area contributed by atoms with E-state index in [4.69, 9.17) is 5.84 Å². The van der Waals surface area contributed by atoms with Gasteiger partial charge in [-0.2, -0.15) is 0 Å². The summed E-state index contributed by atoms with van der Waals surface area (Å²) in [5, 5.41) is 3.33. The van der Waals surface area contributed by atoms with Crippen molar-refractivity contribution in [3.05, 3.63) is 0 Å². The minimum absolute atomic E-state index is 0.432. The fourth-order valence-electron chi connectivity index (χ4n) is 1.40. The number of guanidine groups is 1. The predicted octanol–water partition coefficient (Wildman–Crippen LogP) is 1.63. The van der Waals surface area contributed by atoms with Gasteiger partial charge in [-0.25, -0.2) is 5.84 Å². The second-order valence-corrected chi connectivity index (χ2v) is 4.13. The maximum absolute atomic E-state index is 5.41. The molecule has 4 nitrogen and oxygen atoms in total. The second-order valence-electron chi connectivity index (χ2n) is 4.13. The van der Waals surface area contributed by atoms with E-state index in [2.05, 4.69) is 43.4 Å². The molecule has 0 aliphatic carbocycles. The van der Waals surface area contributed by atoms with Gasteiger partial charge in [0.15, 0.2) is 0 Å². The third kappa shape index (κ3) is 6.33. The summed E-state index contributed by atoms with van der Waals surface area (Å²) in [4.78, 5) is 4.37. The van der Waals surface area contributed by atoms with E-state index in [0.717, 1.165) is 25.8 Å². The molecule has 15 heavy (non-hydrogen) atoms. The maximum Gasteiger partial charge on any atom is 0.205 e. The molecule has 0 aromatic carbocycles. The molecule has 0 aliphatic rings. The number of nitrogens with zero attached hydrogens (tertiary/aromatic N) is 1.